The van der Waals surface area contributed by atoms with Crippen molar-refractivity contribution in [1.82, 2.24) is 63.3 Å². The van der Waals surface area contributed by atoms with Gasteiger partial charge in [0.1, 0.15) is 73.1 Å². The number of benzene rings is 2. The number of hydrogen-bond donors (Lipinski definition) is 16. The van der Waals surface area contributed by atoms with Gasteiger partial charge in [0, 0.05) is 0 Å². The summed E-state index contributed by atoms with van der Waals surface area (Å²) in [5.74, 6) is -14.3. The molecule has 0 spiro atoms. The minimum atomic E-state index is -2.17. The van der Waals surface area contributed by atoms with E-state index in [2.05, 4.69) is 53.2 Å². The van der Waals surface area contributed by atoms with Gasteiger partial charge in [0.05, 0.1) is 22.5 Å². The lowest BCUT2D eigenvalue weighted by Gasteiger charge is -2.24. The van der Waals surface area contributed by atoms with Crippen molar-refractivity contribution in [2.75, 3.05) is 23.7 Å². The van der Waals surface area contributed by atoms with E-state index >= 15 is 0 Å². The van der Waals surface area contributed by atoms with Crippen LogP contribution in [0.15, 0.2) is 48.5 Å². The molecule has 14 amide bonds. The molecule has 86 heavy (non-hydrogen) atoms. The molecule has 16 N–H and O–H groups in total. The predicted octanol–water partition coefficient (Wildman–Crippen LogP) is -3.60. The van der Waals surface area contributed by atoms with E-state index < -0.39 is 168 Å². The second-order valence-corrected chi connectivity index (χ2v) is 20.4. The standard InChI is InChI=1S/C52H74N14O20/c1-23(41(72)62-34-19-15-13-17-32(34)44(75)56-25(3)38(69)55-27(5)43(74)64-47(78)46(77)60-31(9)50(81)82)53-36(67)21-65(84)48(79)29(7)58-39(70)26(4)57-45(76)33-18-14-16-20-35(33)63-42(73)24(2)54-37(68)22-66(85)49(80)30(8)59-40(71)28(6)61-51(83)86-52(10,11)12/h13-20,23-31,47,78,84-85H,21-22H2,1-12H3,(H,53,67)(H,54,68)(H,55,69)(H,56,75)(H,57,76)(H,58,70)(H,59,71)(H,60,77)(H,61,83)(H,62,72)(H,63,73)(H,64,74)(H,81,82)/t23-,24-,25-,26-,27-,28-,29-,30-,31-,47-/m0/s1. The Morgan fingerprint density at radius 1 is 0.419 bits per heavy atom. The van der Waals surface area contributed by atoms with Crippen LogP contribution in [0, 0.1) is 0 Å². The van der Waals surface area contributed by atoms with Crippen LogP contribution in [0.1, 0.15) is 104 Å². The van der Waals surface area contributed by atoms with Crippen molar-refractivity contribution in [3.8, 4) is 0 Å². The van der Waals surface area contributed by atoms with Gasteiger partial charge in [-0.2, -0.15) is 0 Å². The third kappa shape index (κ3) is 23.8. The maximum atomic E-state index is 13.4. The van der Waals surface area contributed by atoms with Crippen LogP contribution in [-0.4, -0.2) is 199 Å². The molecule has 0 aliphatic carbocycles. The quantitative estimate of drug-likeness (QED) is 0.0222. The maximum Gasteiger partial charge on any atom is 0.408 e. The fourth-order valence-corrected chi connectivity index (χ4v) is 6.76. The number of carboxylic acids is 1. The van der Waals surface area contributed by atoms with Crippen LogP contribution in [-0.2, 0) is 62.3 Å². The number of nitrogens with one attached hydrogen (secondary N) is 12. The van der Waals surface area contributed by atoms with Gasteiger partial charge in [0.2, 0.25) is 53.5 Å². The van der Waals surface area contributed by atoms with Gasteiger partial charge < -0.3 is 78.8 Å². The average Bonchev–Trinajstić information content (AvgIpc) is 2.02. The van der Waals surface area contributed by atoms with E-state index in [1.165, 1.54) is 97.0 Å². The number of ether oxygens (including phenoxy) is 1. The Morgan fingerprint density at radius 2 is 0.733 bits per heavy atom. The Morgan fingerprint density at radius 3 is 1.10 bits per heavy atom. The van der Waals surface area contributed by atoms with E-state index in [0.717, 1.165) is 13.8 Å². The number of amides is 14. The minimum absolute atomic E-state index is 0.00198. The zero-order valence-electron chi connectivity index (χ0n) is 49.0. The summed E-state index contributed by atoms with van der Waals surface area (Å²) in [5.41, 5.74) is -1.36. The average molecular weight is 1220 g/mol. The van der Waals surface area contributed by atoms with Crippen LogP contribution in [0.5, 0.6) is 0 Å². The number of aliphatic carboxylic acids is 1. The number of carbonyl (C=O) groups excluding carboxylic acids is 14. The monoisotopic (exact) mass is 1210 g/mol. The first kappa shape index (κ1) is 72.3. The maximum absolute atomic E-state index is 13.4. The van der Waals surface area contributed by atoms with Crippen LogP contribution in [0.25, 0.3) is 0 Å². The SMILES string of the molecule is C[C@H](NC(=O)[C@H](O)NC(=O)[C@H](C)NC(=O)[C@H](C)NC(=O)c1ccccc1NC(=O)[C@H](C)NC(=O)CN(O)C(=O)[C@H](C)NC(=O)[C@H](C)NC(=O)c1ccccc1NC(=O)[C@H](C)NC(=O)CN(O)C(=O)[C@H](C)NC(=O)[C@H](C)NC(=O)OC(C)(C)C)C(=O)O. The molecule has 472 valence electrons. The number of nitrogens with zero attached hydrogens (tertiary/aromatic N) is 2. The Kier molecular flexibility index (Phi) is 27.6. The van der Waals surface area contributed by atoms with Crippen LogP contribution in [0.2, 0.25) is 0 Å². The second-order valence-electron chi connectivity index (χ2n) is 20.4. The molecule has 0 aromatic heterocycles. The van der Waals surface area contributed by atoms with Crippen molar-refractivity contribution in [3.05, 3.63) is 59.7 Å². The Balaban J connectivity index is 1.91. The van der Waals surface area contributed by atoms with E-state index in [0.29, 0.717) is 0 Å². The van der Waals surface area contributed by atoms with Crippen molar-refractivity contribution < 1.29 is 97.3 Å². The van der Waals surface area contributed by atoms with Gasteiger partial charge in [-0.15, -0.1) is 0 Å². The van der Waals surface area contributed by atoms with E-state index in [4.69, 9.17) is 9.84 Å². The predicted molar refractivity (Wildman–Crippen MR) is 297 cm³/mol. The smallest absolute Gasteiger partial charge is 0.408 e. The lowest BCUT2D eigenvalue weighted by molar-refractivity contribution is -0.171. The summed E-state index contributed by atoms with van der Waals surface area (Å²) in [6.45, 7) is 13.8. The van der Waals surface area contributed by atoms with Crippen molar-refractivity contribution in [2.45, 2.75) is 149 Å². The molecule has 0 heterocycles. The highest BCUT2D eigenvalue weighted by atomic mass is 16.6. The fraction of sp³-hybridized carbons (Fsp3) is 0.481. The Bertz CT molecular complexity index is 2900. The summed E-state index contributed by atoms with van der Waals surface area (Å²) < 4.78 is 5.09. The van der Waals surface area contributed by atoms with E-state index in [-0.39, 0.29) is 32.6 Å². The molecule has 10 atom stereocenters. The highest BCUT2D eigenvalue weighted by molar-refractivity contribution is 6.08. The summed E-state index contributed by atoms with van der Waals surface area (Å²) in [5, 5.41) is 66.7. The Labute approximate surface area is 492 Å². The number of para-hydroxylation sites is 2. The first-order valence-corrected chi connectivity index (χ1v) is 26.3. The van der Waals surface area contributed by atoms with Crippen LogP contribution in [0.4, 0.5) is 16.2 Å². The van der Waals surface area contributed by atoms with Gasteiger partial charge in [-0.05, 0) is 107 Å². The van der Waals surface area contributed by atoms with Crippen LogP contribution < -0.4 is 63.8 Å². The fourth-order valence-electron chi connectivity index (χ4n) is 6.76. The zero-order valence-corrected chi connectivity index (χ0v) is 49.0. The molecule has 34 nitrogen and oxygen atoms in total. The molecule has 34 heteroatoms. The normalized spacial score (nSPS) is 14.4. The minimum Gasteiger partial charge on any atom is -0.480 e. The molecular weight excluding hydrogens is 1140 g/mol. The topological polar surface area (TPSA) is 497 Å². The molecule has 0 unspecified atom stereocenters. The Hall–Kier alpha value is -9.83. The number of rotatable bonds is 28. The third-order valence-electron chi connectivity index (χ3n) is 11.6. The van der Waals surface area contributed by atoms with Gasteiger partial charge in [0.15, 0.2) is 0 Å². The molecular formula is C52H74N14O20. The largest absolute Gasteiger partial charge is 0.480 e. The number of hydrogen-bond acceptors (Lipinski definition) is 19. The molecule has 0 fully saturated rings. The number of carbonyl (C=O) groups is 15. The number of carboxylic acid groups (broad SMARTS) is 1. The molecule has 2 aromatic rings. The molecule has 2 rings (SSSR count). The molecule has 0 aliphatic rings. The molecule has 0 saturated carbocycles. The first-order valence-electron chi connectivity index (χ1n) is 26.3. The number of aliphatic hydroxyl groups is 1. The molecule has 0 saturated heterocycles. The third-order valence-corrected chi connectivity index (χ3v) is 11.6. The summed E-state index contributed by atoms with van der Waals surface area (Å²) in [4.78, 5) is 190. The highest BCUT2D eigenvalue weighted by Crippen LogP contribution is 2.17. The van der Waals surface area contributed by atoms with E-state index in [1.807, 2.05) is 10.6 Å². The van der Waals surface area contributed by atoms with Gasteiger partial charge in [0.25, 0.3) is 29.5 Å². The van der Waals surface area contributed by atoms with Crippen molar-refractivity contribution in [2.24, 2.45) is 0 Å². The van der Waals surface area contributed by atoms with Gasteiger partial charge in [-0.3, -0.25) is 77.5 Å². The van der Waals surface area contributed by atoms with Crippen molar-refractivity contribution >= 4 is 100 Å². The van der Waals surface area contributed by atoms with Crippen molar-refractivity contribution in [1.29, 1.82) is 0 Å². The van der Waals surface area contributed by atoms with Gasteiger partial charge in [-0.1, -0.05) is 24.3 Å². The highest BCUT2D eigenvalue weighted by Gasteiger charge is 2.32. The number of anilines is 2. The molecule has 0 bridgehead atoms. The second kappa shape index (κ2) is 32.9. The number of alkyl carbamates (subject to hydrolysis) is 1. The summed E-state index contributed by atoms with van der Waals surface area (Å²) in [6, 6.07) is -1.24. The van der Waals surface area contributed by atoms with Crippen LogP contribution >= 0.6 is 0 Å². The van der Waals surface area contributed by atoms with Crippen LogP contribution in [0.3, 0.4) is 0 Å². The lowest BCUT2D eigenvalue weighted by atomic mass is 10.1. The molecule has 0 radical (unpaired) electrons. The van der Waals surface area contributed by atoms with E-state index in [9.17, 15) is 87.4 Å². The van der Waals surface area contributed by atoms with Gasteiger partial charge >= 0.3 is 12.1 Å². The molecule has 0 aliphatic heterocycles. The van der Waals surface area contributed by atoms with Gasteiger partial charge in [-0.25, -0.2) is 14.9 Å². The van der Waals surface area contributed by atoms with E-state index in [1.54, 1.807) is 20.8 Å². The number of hydroxylamine groups is 4. The summed E-state index contributed by atoms with van der Waals surface area (Å²) >= 11 is 0. The summed E-state index contributed by atoms with van der Waals surface area (Å²) in [7, 11) is 0. The molecule has 2 aromatic carbocycles. The lowest BCUT2D eigenvalue weighted by Crippen LogP contribution is -2.56. The zero-order chi connectivity index (χ0) is 65.7. The van der Waals surface area contributed by atoms with Crippen molar-refractivity contribution in [3.63, 3.8) is 0 Å². The summed E-state index contributed by atoms with van der Waals surface area (Å²) in [6.07, 6.45) is -3.06. The number of aliphatic hydroxyl groups excluding tert-OH is 1. The first-order chi connectivity index (χ1) is 39.8.